The van der Waals surface area contributed by atoms with Gasteiger partial charge in [0.1, 0.15) is 5.25 Å². The number of hydrogen-bond acceptors (Lipinski definition) is 3. The van der Waals surface area contributed by atoms with E-state index in [0.717, 1.165) is 0 Å². The lowest BCUT2D eigenvalue weighted by molar-refractivity contribution is -0.136. The average Bonchev–Trinajstić information content (AvgIpc) is 2.17. The van der Waals surface area contributed by atoms with Crippen molar-refractivity contribution >= 4 is 16.8 Å². The largest absolute Gasteiger partial charge is 0.480 e. The number of carbonyl (C=O) groups is 1. The Morgan fingerprint density at radius 2 is 2.08 bits per heavy atom. The summed E-state index contributed by atoms with van der Waals surface area (Å²) in [4.78, 5) is 10.6. The molecule has 1 saturated heterocycles. The van der Waals surface area contributed by atoms with Crippen molar-refractivity contribution in [3.63, 3.8) is 0 Å². The molecule has 0 aromatic carbocycles. The maximum atomic E-state index is 11.6. The Balaban J connectivity index is 2.50. The smallest absolute Gasteiger partial charge is 0.318 e. The van der Waals surface area contributed by atoms with E-state index in [1.807, 2.05) is 0 Å². The highest BCUT2D eigenvalue weighted by Gasteiger charge is 2.28. The van der Waals surface area contributed by atoms with Crippen LogP contribution in [0.2, 0.25) is 0 Å². The molecule has 1 rings (SSSR count). The van der Waals surface area contributed by atoms with Crippen molar-refractivity contribution in [3.05, 3.63) is 0 Å². The number of carboxylic acid groups (broad SMARTS) is 1. The second kappa shape index (κ2) is 4.72. The monoisotopic (exact) mass is 206 g/mol. The number of rotatable bonds is 3. The van der Waals surface area contributed by atoms with Gasteiger partial charge in [-0.15, -0.1) is 0 Å². The summed E-state index contributed by atoms with van der Waals surface area (Å²) in [6.07, 6.45) is 1.43. The second-order valence-electron chi connectivity index (χ2n) is 3.12. The Hall–Kier alpha value is -0.420. The van der Waals surface area contributed by atoms with Crippen LogP contribution in [0.4, 0.5) is 0 Å². The van der Waals surface area contributed by atoms with Crippen LogP contribution in [0.1, 0.15) is 19.8 Å². The summed E-state index contributed by atoms with van der Waals surface area (Å²) >= 11 is 0. The minimum absolute atomic E-state index is 0.000139. The van der Waals surface area contributed by atoms with Crippen molar-refractivity contribution in [1.29, 1.82) is 0 Å². The van der Waals surface area contributed by atoms with Gasteiger partial charge in [0.2, 0.25) is 0 Å². The van der Waals surface area contributed by atoms with Crippen LogP contribution in [-0.4, -0.2) is 39.0 Å². The van der Waals surface area contributed by atoms with Crippen LogP contribution in [0.15, 0.2) is 0 Å². The highest BCUT2D eigenvalue weighted by atomic mass is 32.2. The van der Waals surface area contributed by atoms with Crippen molar-refractivity contribution < 1.29 is 18.8 Å². The van der Waals surface area contributed by atoms with E-state index in [9.17, 15) is 9.00 Å². The molecule has 1 heterocycles. The molecule has 76 valence electrons. The molecule has 0 aromatic heterocycles. The highest BCUT2D eigenvalue weighted by molar-refractivity contribution is 7.87. The molecule has 0 aromatic rings. The summed E-state index contributed by atoms with van der Waals surface area (Å²) in [7, 11) is -1.26. The molecule has 0 radical (unpaired) electrons. The fraction of sp³-hybridized carbons (Fsp3) is 0.875. The van der Waals surface area contributed by atoms with Crippen LogP contribution in [0.3, 0.4) is 0 Å². The lowest BCUT2D eigenvalue weighted by Crippen LogP contribution is -2.33. The first kappa shape index (κ1) is 10.7. The molecule has 2 atom stereocenters. The minimum Gasteiger partial charge on any atom is -0.480 e. The Bertz CT molecular complexity index is 210. The Morgan fingerprint density at radius 1 is 1.54 bits per heavy atom. The van der Waals surface area contributed by atoms with Gasteiger partial charge in [-0.3, -0.25) is 9.00 Å². The lowest BCUT2D eigenvalue weighted by Gasteiger charge is -2.22. The standard InChI is InChI=1S/C8H14O4S/c1-6(8(9)10)13(11)7-2-4-12-5-3-7/h6-7H,2-5H2,1H3,(H,9,10). The zero-order chi connectivity index (χ0) is 9.84. The van der Waals surface area contributed by atoms with E-state index in [0.29, 0.717) is 26.1 Å². The third-order valence-electron chi connectivity index (χ3n) is 2.19. The fourth-order valence-electron chi connectivity index (χ4n) is 1.30. The number of aliphatic carboxylic acids is 1. The zero-order valence-corrected chi connectivity index (χ0v) is 8.38. The second-order valence-corrected chi connectivity index (χ2v) is 5.15. The van der Waals surface area contributed by atoms with E-state index in [1.54, 1.807) is 0 Å². The predicted octanol–water partition coefficient (Wildman–Crippen LogP) is 0.387. The van der Waals surface area contributed by atoms with Crippen molar-refractivity contribution in [2.75, 3.05) is 13.2 Å². The summed E-state index contributed by atoms with van der Waals surface area (Å²) in [5.41, 5.74) is 0. The highest BCUT2D eigenvalue weighted by Crippen LogP contribution is 2.16. The van der Waals surface area contributed by atoms with E-state index >= 15 is 0 Å². The van der Waals surface area contributed by atoms with Crippen LogP contribution >= 0.6 is 0 Å². The van der Waals surface area contributed by atoms with Crippen LogP contribution in [0.25, 0.3) is 0 Å². The molecule has 0 saturated carbocycles. The first-order valence-corrected chi connectivity index (χ1v) is 5.60. The molecule has 2 unspecified atom stereocenters. The quantitative estimate of drug-likeness (QED) is 0.725. The van der Waals surface area contributed by atoms with Crippen molar-refractivity contribution in [2.45, 2.75) is 30.3 Å². The number of carboxylic acids is 1. The number of hydrogen-bond donors (Lipinski definition) is 1. The third-order valence-corrected chi connectivity index (χ3v) is 4.22. The number of ether oxygens (including phenoxy) is 1. The van der Waals surface area contributed by atoms with Gasteiger partial charge in [-0.05, 0) is 19.8 Å². The van der Waals surface area contributed by atoms with Gasteiger partial charge in [0.05, 0.1) is 0 Å². The molecular weight excluding hydrogens is 192 g/mol. The Morgan fingerprint density at radius 3 is 2.54 bits per heavy atom. The summed E-state index contributed by atoms with van der Waals surface area (Å²) in [6.45, 7) is 2.69. The van der Waals surface area contributed by atoms with E-state index in [2.05, 4.69) is 0 Å². The molecule has 1 N–H and O–H groups in total. The molecule has 1 aliphatic heterocycles. The maximum absolute atomic E-state index is 11.6. The normalized spacial score (nSPS) is 23.8. The van der Waals surface area contributed by atoms with Crippen molar-refractivity contribution in [2.24, 2.45) is 0 Å². The molecule has 0 spiro atoms. The van der Waals surface area contributed by atoms with Gasteiger partial charge >= 0.3 is 5.97 Å². The summed E-state index contributed by atoms with van der Waals surface area (Å²) in [5.74, 6) is -0.982. The Labute approximate surface area is 79.7 Å². The van der Waals surface area contributed by atoms with E-state index in [1.165, 1.54) is 6.92 Å². The average molecular weight is 206 g/mol. The van der Waals surface area contributed by atoms with Crippen molar-refractivity contribution in [1.82, 2.24) is 0 Å². The van der Waals surface area contributed by atoms with Crippen molar-refractivity contribution in [3.8, 4) is 0 Å². The van der Waals surface area contributed by atoms with Crippen LogP contribution in [0, 0.1) is 0 Å². The van der Waals surface area contributed by atoms with Crippen LogP contribution in [-0.2, 0) is 20.3 Å². The lowest BCUT2D eigenvalue weighted by atomic mass is 10.2. The molecular formula is C8H14O4S. The van der Waals surface area contributed by atoms with E-state index in [4.69, 9.17) is 9.84 Å². The molecule has 0 aliphatic carbocycles. The van der Waals surface area contributed by atoms with Gasteiger partial charge in [0, 0.05) is 29.3 Å². The van der Waals surface area contributed by atoms with E-state index < -0.39 is 22.0 Å². The third kappa shape index (κ3) is 2.77. The summed E-state index contributed by atoms with van der Waals surface area (Å²) in [6, 6.07) is 0. The van der Waals surface area contributed by atoms with Gasteiger partial charge in [0.25, 0.3) is 0 Å². The fourth-order valence-corrected chi connectivity index (χ4v) is 2.73. The zero-order valence-electron chi connectivity index (χ0n) is 7.56. The molecule has 0 bridgehead atoms. The molecule has 0 amide bonds. The first-order chi connectivity index (χ1) is 6.13. The first-order valence-electron chi connectivity index (χ1n) is 4.33. The van der Waals surface area contributed by atoms with Gasteiger partial charge in [-0.2, -0.15) is 0 Å². The van der Waals surface area contributed by atoms with E-state index in [-0.39, 0.29) is 5.25 Å². The summed E-state index contributed by atoms with van der Waals surface area (Å²) < 4.78 is 16.7. The Kier molecular flexibility index (Phi) is 3.87. The molecule has 1 aliphatic rings. The van der Waals surface area contributed by atoms with Gasteiger partial charge < -0.3 is 9.84 Å². The van der Waals surface area contributed by atoms with Crippen LogP contribution < -0.4 is 0 Å². The molecule has 13 heavy (non-hydrogen) atoms. The molecule has 4 nitrogen and oxygen atoms in total. The van der Waals surface area contributed by atoms with Gasteiger partial charge in [-0.25, -0.2) is 0 Å². The predicted molar refractivity (Wildman–Crippen MR) is 49.1 cm³/mol. The van der Waals surface area contributed by atoms with Crippen LogP contribution in [0.5, 0.6) is 0 Å². The SMILES string of the molecule is CC(C(=O)O)S(=O)C1CCOCC1. The van der Waals surface area contributed by atoms with Gasteiger partial charge in [-0.1, -0.05) is 0 Å². The molecule has 1 fully saturated rings. The molecule has 5 heteroatoms. The van der Waals surface area contributed by atoms with Gasteiger partial charge in [0.15, 0.2) is 0 Å². The maximum Gasteiger partial charge on any atom is 0.318 e. The summed E-state index contributed by atoms with van der Waals surface area (Å²) in [5, 5.41) is 7.90. The minimum atomic E-state index is -1.26. The topological polar surface area (TPSA) is 63.6 Å².